The largest absolute Gasteiger partial charge is 0.351 e. The van der Waals surface area contributed by atoms with Crippen LogP contribution in [0.5, 0.6) is 0 Å². The summed E-state index contributed by atoms with van der Waals surface area (Å²) < 4.78 is 13.3. The van der Waals surface area contributed by atoms with Crippen LogP contribution >= 0.6 is 15.9 Å². The number of likely N-dealkylation sites (tertiary alicyclic amines) is 1. The topological polar surface area (TPSA) is 32.3 Å². The lowest BCUT2D eigenvalue weighted by Gasteiger charge is -2.14. The number of benzene rings is 1. The van der Waals surface area contributed by atoms with E-state index in [0.29, 0.717) is 16.6 Å². The molecule has 0 spiro atoms. The second-order valence-electron chi connectivity index (χ2n) is 4.43. The highest BCUT2D eigenvalue weighted by molar-refractivity contribution is 9.10. The van der Waals surface area contributed by atoms with Crippen LogP contribution < -0.4 is 5.32 Å². The predicted molar refractivity (Wildman–Crippen MR) is 72.1 cm³/mol. The molecule has 1 amide bonds. The monoisotopic (exact) mass is 314 g/mol. The number of rotatable bonds is 4. The summed E-state index contributed by atoms with van der Waals surface area (Å²) in [7, 11) is 0. The highest BCUT2D eigenvalue weighted by atomic mass is 79.9. The molecule has 1 aromatic carbocycles. The van der Waals surface area contributed by atoms with Crippen molar-refractivity contribution in [2.45, 2.75) is 12.8 Å². The van der Waals surface area contributed by atoms with E-state index in [2.05, 4.69) is 26.1 Å². The fourth-order valence-electron chi connectivity index (χ4n) is 2.07. The molecule has 0 radical (unpaired) electrons. The van der Waals surface area contributed by atoms with Gasteiger partial charge in [0.2, 0.25) is 0 Å². The van der Waals surface area contributed by atoms with E-state index in [1.807, 2.05) is 0 Å². The van der Waals surface area contributed by atoms with E-state index < -0.39 is 0 Å². The van der Waals surface area contributed by atoms with Crippen molar-refractivity contribution in [2.24, 2.45) is 0 Å². The van der Waals surface area contributed by atoms with Crippen molar-refractivity contribution in [1.82, 2.24) is 10.2 Å². The van der Waals surface area contributed by atoms with Gasteiger partial charge in [0.15, 0.2) is 0 Å². The Morgan fingerprint density at radius 3 is 2.78 bits per heavy atom. The quantitative estimate of drug-likeness (QED) is 0.925. The van der Waals surface area contributed by atoms with Gasteiger partial charge in [-0.2, -0.15) is 0 Å². The molecule has 0 saturated carbocycles. The van der Waals surface area contributed by atoms with Crippen LogP contribution in [0.1, 0.15) is 23.2 Å². The lowest BCUT2D eigenvalue weighted by atomic mass is 10.2. The van der Waals surface area contributed by atoms with Crippen molar-refractivity contribution in [2.75, 3.05) is 26.2 Å². The van der Waals surface area contributed by atoms with Crippen molar-refractivity contribution in [3.05, 3.63) is 34.1 Å². The number of halogens is 2. The molecule has 3 nitrogen and oxygen atoms in total. The summed E-state index contributed by atoms with van der Waals surface area (Å²) in [5.41, 5.74) is 0.477. The van der Waals surface area contributed by atoms with Crippen molar-refractivity contribution in [1.29, 1.82) is 0 Å². The highest BCUT2D eigenvalue weighted by Crippen LogP contribution is 2.16. The zero-order valence-electron chi connectivity index (χ0n) is 10.1. The molecule has 1 heterocycles. The molecule has 1 aliphatic heterocycles. The van der Waals surface area contributed by atoms with Gasteiger partial charge in [-0.15, -0.1) is 0 Å². The second kappa shape index (κ2) is 6.29. The summed E-state index contributed by atoms with van der Waals surface area (Å²) in [5.74, 6) is -0.515. The Hall–Kier alpha value is -0.940. The van der Waals surface area contributed by atoms with Gasteiger partial charge in [0.25, 0.3) is 5.91 Å². The zero-order valence-corrected chi connectivity index (χ0v) is 11.7. The molecule has 0 aromatic heterocycles. The third-order valence-corrected chi connectivity index (χ3v) is 3.70. The number of carbonyl (C=O) groups is 1. The SMILES string of the molecule is O=C(NCCN1CCCC1)c1ccc(F)c(Br)c1. The molecule has 18 heavy (non-hydrogen) atoms. The molecule has 1 aromatic rings. The normalized spacial score (nSPS) is 15.9. The number of hydrogen-bond acceptors (Lipinski definition) is 2. The summed E-state index contributed by atoms with van der Waals surface area (Å²) >= 11 is 3.07. The van der Waals surface area contributed by atoms with Crippen LogP contribution in [0.15, 0.2) is 22.7 Å². The molecule has 0 aliphatic carbocycles. The molecule has 98 valence electrons. The molecule has 2 rings (SSSR count). The van der Waals surface area contributed by atoms with E-state index in [0.717, 1.165) is 19.6 Å². The molecule has 1 fully saturated rings. The van der Waals surface area contributed by atoms with Crippen molar-refractivity contribution in [3.63, 3.8) is 0 Å². The van der Waals surface area contributed by atoms with E-state index >= 15 is 0 Å². The van der Waals surface area contributed by atoms with Crippen molar-refractivity contribution in [3.8, 4) is 0 Å². The maximum Gasteiger partial charge on any atom is 0.251 e. The van der Waals surface area contributed by atoms with Gasteiger partial charge < -0.3 is 10.2 Å². The van der Waals surface area contributed by atoms with E-state index in [-0.39, 0.29) is 11.7 Å². The number of carbonyl (C=O) groups excluding carboxylic acids is 1. The van der Waals surface area contributed by atoms with Gasteiger partial charge in [-0.25, -0.2) is 4.39 Å². The minimum Gasteiger partial charge on any atom is -0.351 e. The molecule has 0 unspecified atom stereocenters. The van der Waals surface area contributed by atoms with Gasteiger partial charge in [0.1, 0.15) is 5.82 Å². The number of nitrogens with one attached hydrogen (secondary N) is 1. The summed E-state index contributed by atoms with van der Waals surface area (Å²) in [5, 5.41) is 2.85. The maximum absolute atomic E-state index is 13.0. The van der Waals surface area contributed by atoms with E-state index in [1.54, 1.807) is 0 Å². The lowest BCUT2D eigenvalue weighted by Crippen LogP contribution is -2.33. The average molecular weight is 315 g/mol. The van der Waals surface area contributed by atoms with Crippen LogP contribution in [0.4, 0.5) is 4.39 Å². The van der Waals surface area contributed by atoms with Gasteiger partial charge in [-0.3, -0.25) is 4.79 Å². The molecule has 5 heteroatoms. The fourth-order valence-corrected chi connectivity index (χ4v) is 2.45. The summed E-state index contributed by atoms with van der Waals surface area (Å²) in [6.45, 7) is 3.76. The Bertz CT molecular complexity index is 433. The first-order valence-electron chi connectivity index (χ1n) is 6.12. The van der Waals surface area contributed by atoms with Crippen LogP contribution in [0.2, 0.25) is 0 Å². The molecular formula is C13H16BrFN2O. The van der Waals surface area contributed by atoms with Crippen LogP contribution in [0.25, 0.3) is 0 Å². The molecule has 1 N–H and O–H groups in total. The maximum atomic E-state index is 13.0. The van der Waals surface area contributed by atoms with Crippen LogP contribution in [-0.4, -0.2) is 37.0 Å². The molecule has 1 saturated heterocycles. The standard InChI is InChI=1S/C13H16BrFN2O/c14-11-9-10(3-4-12(11)15)13(18)16-5-8-17-6-1-2-7-17/h3-4,9H,1-2,5-8H2,(H,16,18). The summed E-state index contributed by atoms with van der Waals surface area (Å²) in [4.78, 5) is 14.1. The second-order valence-corrected chi connectivity index (χ2v) is 5.29. The Kier molecular flexibility index (Phi) is 4.72. The number of nitrogens with zero attached hydrogens (tertiary/aromatic N) is 1. The first-order valence-corrected chi connectivity index (χ1v) is 6.92. The van der Waals surface area contributed by atoms with Gasteiger partial charge in [0.05, 0.1) is 4.47 Å². The van der Waals surface area contributed by atoms with E-state index in [1.165, 1.54) is 31.0 Å². The Labute approximate surface area is 114 Å². The molecular weight excluding hydrogens is 299 g/mol. The first kappa shape index (κ1) is 13.5. The number of amides is 1. The van der Waals surface area contributed by atoms with Crippen LogP contribution in [-0.2, 0) is 0 Å². The third-order valence-electron chi connectivity index (χ3n) is 3.09. The molecule has 1 aliphatic rings. The third kappa shape index (κ3) is 3.53. The van der Waals surface area contributed by atoms with E-state index in [9.17, 15) is 9.18 Å². The summed E-state index contributed by atoms with van der Waals surface area (Å²) in [6, 6.07) is 4.28. The number of hydrogen-bond donors (Lipinski definition) is 1. The van der Waals surface area contributed by atoms with Gasteiger partial charge >= 0.3 is 0 Å². The van der Waals surface area contributed by atoms with Crippen molar-refractivity contribution >= 4 is 21.8 Å². The minimum absolute atomic E-state index is 0.158. The summed E-state index contributed by atoms with van der Waals surface area (Å²) in [6.07, 6.45) is 2.50. The molecule has 0 bridgehead atoms. The van der Waals surface area contributed by atoms with Crippen LogP contribution in [0, 0.1) is 5.82 Å². The van der Waals surface area contributed by atoms with Crippen molar-refractivity contribution < 1.29 is 9.18 Å². The Balaban J connectivity index is 1.81. The van der Waals surface area contributed by atoms with Gasteiger partial charge in [0, 0.05) is 18.7 Å². The Morgan fingerprint density at radius 2 is 2.11 bits per heavy atom. The van der Waals surface area contributed by atoms with E-state index in [4.69, 9.17) is 0 Å². The minimum atomic E-state index is -0.358. The predicted octanol–water partition coefficient (Wildman–Crippen LogP) is 2.41. The first-order chi connectivity index (χ1) is 8.66. The zero-order chi connectivity index (χ0) is 13.0. The average Bonchev–Trinajstić information content (AvgIpc) is 2.85. The fraction of sp³-hybridized carbons (Fsp3) is 0.462. The van der Waals surface area contributed by atoms with Gasteiger partial charge in [-0.1, -0.05) is 0 Å². The molecule has 0 atom stereocenters. The smallest absolute Gasteiger partial charge is 0.251 e. The van der Waals surface area contributed by atoms with Gasteiger partial charge in [-0.05, 0) is 60.1 Å². The lowest BCUT2D eigenvalue weighted by molar-refractivity contribution is 0.0949. The van der Waals surface area contributed by atoms with Crippen LogP contribution in [0.3, 0.4) is 0 Å². The Morgan fingerprint density at radius 1 is 1.39 bits per heavy atom. The highest BCUT2D eigenvalue weighted by Gasteiger charge is 2.12.